The van der Waals surface area contributed by atoms with Crippen molar-refractivity contribution in [2.24, 2.45) is 5.92 Å². The number of ether oxygens (including phenoxy) is 1. The SMILES string of the molecule is COc1ccc(N2CCN(CC(=O)NC(C)C(C)C)CC2)cc1. The molecule has 5 nitrogen and oxygen atoms in total. The van der Waals surface area contributed by atoms with Gasteiger partial charge in [-0.3, -0.25) is 9.69 Å². The topological polar surface area (TPSA) is 44.8 Å². The molecule has 1 aliphatic rings. The first-order valence-electron chi connectivity index (χ1n) is 8.40. The number of hydrogen-bond acceptors (Lipinski definition) is 4. The van der Waals surface area contributed by atoms with Crippen LogP contribution in [-0.4, -0.2) is 56.7 Å². The van der Waals surface area contributed by atoms with Gasteiger partial charge in [0, 0.05) is 37.9 Å². The summed E-state index contributed by atoms with van der Waals surface area (Å²) < 4.78 is 5.19. The van der Waals surface area contributed by atoms with Crippen molar-refractivity contribution in [3.63, 3.8) is 0 Å². The average molecular weight is 319 g/mol. The fourth-order valence-electron chi connectivity index (χ4n) is 2.63. The lowest BCUT2D eigenvalue weighted by Crippen LogP contribution is -2.50. The van der Waals surface area contributed by atoms with Crippen LogP contribution in [0, 0.1) is 5.92 Å². The molecular weight excluding hydrogens is 290 g/mol. The van der Waals surface area contributed by atoms with Gasteiger partial charge in [0.15, 0.2) is 0 Å². The van der Waals surface area contributed by atoms with Gasteiger partial charge in [-0.15, -0.1) is 0 Å². The van der Waals surface area contributed by atoms with E-state index in [4.69, 9.17) is 4.74 Å². The summed E-state index contributed by atoms with van der Waals surface area (Å²) in [5.41, 5.74) is 1.21. The Labute approximate surface area is 139 Å². The molecule has 1 heterocycles. The van der Waals surface area contributed by atoms with E-state index in [-0.39, 0.29) is 11.9 Å². The molecule has 0 aliphatic carbocycles. The van der Waals surface area contributed by atoms with Gasteiger partial charge in [0.25, 0.3) is 0 Å². The van der Waals surface area contributed by atoms with Crippen LogP contribution in [0.25, 0.3) is 0 Å². The van der Waals surface area contributed by atoms with Crippen LogP contribution in [0.1, 0.15) is 20.8 Å². The van der Waals surface area contributed by atoms with E-state index < -0.39 is 0 Å². The summed E-state index contributed by atoms with van der Waals surface area (Å²) in [4.78, 5) is 16.6. The van der Waals surface area contributed by atoms with E-state index in [1.54, 1.807) is 7.11 Å². The maximum absolute atomic E-state index is 12.1. The zero-order valence-corrected chi connectivity index (χ0v) is 14.7. The Balaban J connectivity index is 1.78. The van der Waals surface area contributed by atoms with Crippen molar-refractivity contribution >= 4 is 11.6 Å². The largest absolute Gasteiger partial charge is 0.497 e. The number of rotatable bonds is 6. The Hall–Kier alpha value is -1.75. The van der Waals surface area contributed by atoms with Gasteiger partial charge in [-0.2, -0.15) is 0 Å². The van der Waals surface area contributed by atoms with Gasteiger partial charge in [-0.1, -0.05) is 13.8 Å². The Morgan fingerprint density at radius 2 is 1.74 bits per heavy atom. The highest BCUT2D eigenvalue weighted by Crippen LogP contribution is 2.20. The number of anilines is 1. The molecule has 0 saturated carbocycles. The molecule has 1 N–H and O–H groups in total. The first kappa shape index (κ1) is 17.6. The number of carbonyl (C=O) groups is 1. The summed E-state index contributed by atoms with van der Waals surface area (Å²) in [6.45, 7) is 10.5. The number of amides is 1. The second kappa shape index (κ2) is 8.20. The summed E-state index contributed by atoms with van der Waals surface area (Å²) in [5.74, 6) is 1.47. The fraction of sp³-hybridized carbons (Fsp3) is 0.611. The number of nitrogens with zero attached hydrogens (tertiary/aromatic N) is 2. The number of methoxy groups -OCH3 is 1. The Kier molecular flexibility index (Phi) is 6.28. The highest BCUT2D eigenvalue weighted by Gasteiger charge is 2.20. The van der Waals surface area contributed by atoms with Crippen LogP contribution in [0.2, 0.25) is 0 Å². The molecule has 0 spiro atoms. The second-order valence-corrected chi connectivity index (χ2v) is 6.56. The molecule has 1 aliphatic heterocycles. The zero-order valence-electron chi connectivity index (χ0n) is 14.7. The van der Waals surface area contributed by atoms with E-state index in [0.29, 0.717) is 12.5 Å². The van der Waals surface area contributed by atoms with Crippen LogP contribution in [0.3, 0.4) is 0 Å². The molecule has 128 valence electrons. The van der Waals surface area contributed by atoms with Crippen molar-refractivity contribution in [1.82, 2.24) is 10.2 Å². The molecule has 2 rings (SSSR count). The van der Waals surface area contributed by atoms with Crippen molar-refractivity contribution < 1.29 is 9.53 Å². The lowest BCUT2D eigenvalue weighted by Gasteiger charge is -2.36. The molecule has 1 unspecified atom stereocenters. The number of benzene rings is 1. The normalized spacial score (nSPS) is 17.2. The number of nitrogens with one attached hydrogen (secondary N) is 1. The second-order valence-electron chi connectivity index (χ2n) is 6.56. The molecule has 5 heteroatoms. The lowest BCUT2D eigenvalue weighted by molar-refractivity contribution is -0.123. The Morgan fingerprint density at radius 3 is 2.26 bits per heavy atom. The predicted octanol–water partition coefficient (Wildman–Crippen LogP) is 1.98. The van der Waals surface area contributed by atoms with Crippen LogP contribution < -0.4 is 15.0 Å². The average Bonchev–Trinajstić information content (AvgIpc) is 2.55. The van der Waals surface area contributed by atoms with Gasteiger partial charge in [-0.25, -0.2) is 0 Å². The van der Waals surface area contributed by atoms with Gasteiger partial charge < -0.3 is 15.0 Å². The smallest absolute Gasteiger partial charge is 0.234 e. The third-order valence-corrected chi connectivity index (χ3v) is 4.57. The van der Waals surface area contributed by atoms with Crippen molar-refractivity contribution in [2.45, 2.75) is 26.8 Å². The third-order valence-electron chi connectivity index (χ3n) is 4.57. The Morgan fingerprint density at radius 1 is 1.13 bits per heavy atom. The monoisotopic (exact) mass is 319 g/mol. The van der Waals surface area contributed by atoms with Crippen LogP contribution in [0.15, 0.2) is 24.3 Å². The molecule has 1 saturated heterocycles. The summed E-state index contributed by atoms with van der Waals surface area (Å²) >= 11 is 0. The molecule has 1 atom stereocenters. The first-order valence-corrected chi connectivity index (χ1v) is 8.40. The molecule has 23 heavy (non-hydrogen) atoms. The third kappa shape index (κ3) is 5.13. The molecule has 1 fully saturated rings. The number of hydrogen-bond donors (Lipinski definition) is 1. The van der Waals surface area contributed by atoms with Gasteiger partial charge >= 0.3 is 0 Å². The molecular formula is C18H29N3O2. The fourth-order valence-corrected chi connectivity index (χ4v) is 2.63. The van der Waals surface area contributed by atoms with E-state index >= 15 is 0 Å². The molecule has 1 amide bonds. The standard InChI is InChI=1S/C18H29N3O2/c1-14(2)15(3)19-18(22)13-20-9-11-21(12-10-20)16-5-7-17(23-4)8-6-16/h5-8,14-15H,9-13H2,1-4H3,(H,19,22). The molecule has 1 aromatic carbocycles. The summed E-state index contributed by atoms with van der Waals surface area (Å²) in [7, 11) is 1.68. The zero-order chi connectivity index (χ0) is 16.8. The molecule has 1 aromatic rings. The first-order chi connectivity index (χ1) is 11.0. The van der Waals surface area contributed by atoms with Crippen LogP contribution >= 0.6 is 0 Å². The molecule has 0 aromatic heterocycles. The minimum atomic E-state index is 0.129. The minimum absolute atomic E-state index is 0.129. The van der Waals surface area contributed by atoms with E-state index in [2.05, 4.69) is 48.0 Å². The highest BCUT2D eigenvalue weighted by atomic mass is 16.5. The summed E-state index contributed by atoms with van der Waals surface area (Å²) in [6, 6.07) is 8.38. The maximum atomic E-state index is 12.1. The van der Waals surface area contributed by atoms with E-state index in [1.807, 2.05) is 12.1 Å². The quantitative estimate of drug-likeness (QED) is 0.871. The van der Waals surface area contributed by atoms with Crippen LogP contribution in [0.4, 0.5) is 5.69 Å². The summed E-state index contributed by atoms with van der Waals surface area (Å²) in [5, 5.41) is 3.07. The van der Waals surface area contributed by atoms with E-state index in [9.17, 15) is 4.79 Å². The van der Waals surface area contributed by atoms with Gasteiger partial charge in [-0.05, 0) is 37.1 Å². The minimum Gasteiger partial charge on any atom is -0.497 e. The van der Waals surface area contributed by atoms with Crippen LogP contribution in [-0.2, 0) is 4.79 Å². The molecule has 0 radical (unpaired) electrons. The van der Waals surface area contributed by atoms with Crippen molar-refractivity contribution in [1.29, 1.82) is 0 Å². The van der Waals surface area contributed by atoms with E-state index in [0.717, 1.165) is 31.9 Å². The van der Waals surface area contributed by atoms with Crippen molar-refractivity contribution in [3.8, 4) is 5.75 Å². The van der Waals surface area contributed by atoms with E-state index in [1.165, 1.54) is 5.69 Å². The van der Waals surface area contributed by atoms with Gasteiger partial charge in [0.2, 0.25) is 5.91 Å². The van der Waals surface area contributed by atoms with Crippen molar-refractivity contribution in [3.05, 3.63) is 24.3 Å². The van der Waals surface area contributed by atoms with Gasteiger partial charge in [0.05, 0.1) is 13.7 Å². The highest BCUT2D eigenvalue weighted by molar-refractivity contribution is 5.78. The van der Waals surface area contributed by atoms with Crippen molar-refractivity contribution in [2.75, 3.05) is 44.7 Å². The number of piperazine rings is 1. The number of carbonyl (C=O) groups excluding carboxylic acids is 1. The Bertz CT molecular complexity index is 493. The summed E-state index contributed by atoms with van der Waals surface area (Å²) in [6.07, 6.45) is 0. The molecule has 0 bridgehead atoms. The van der Waals surface area contributed by atoms with Crippen LogP contribution in [0.5, 0.6) is 5.75 Å². The lowest BCUT2D eigenvalue weighted by atomic mass is 10.1. The maximum Gasteiger partial charge on any atom is 0.234 e. The predicted molar refractivity (Wildman–Crippen MR) is 94.1 cm³/mol. The van der Waals surface area contributed by atoms with Gasteiger partial charge in [0.1, 0.15) is 5.75 Å².